The lowest BCUT2D eigenvalue weighted by molar-refractivity contribution is 0.0936. The van der Waals surface area contributed by atoms with Gasteiger partial charge in [0.05, 0.1) is 0 Å². The van der Waals surface area contributed by atoms with Crippen molar-refractivity contribution in [3.8, 4) is 0 Å². The van der Waals surface area contributed by atoms with Crippen LogP contribution >= 0.6 is 11.3 Å². The van der Waals surface area contributed by atoms with Gasteiger partial charge in [-0.2, -0.15) is 0 Å². The Morgan fingerprint density at radius 1 is 1.50 bits per heavy atom. The van der Waals surface area contributed by atoms with Crippen molar-refractivity contribution in [1.82, 2.24) is 14.7 Å². The Kier molecular flexibility index (Phi) is 4.23. The summed E-state index contributed by atoms with van der Waals surface area (Å²) in [7, 11) is 0. The number of hydrogen-bond acceptors (Lipinski definition) is 4. The zero-order valence-corrected chi connectivity index (χ0v) is 13.0. The fraction of sp³-hybridized carbons (Fsp3) is 0.500. The Hall–Kier alpha value is -1.69. The molecule has 2 heterocycles. The second-order valence-electron chi connectivity index (χ2n) is 5.00. The Labute approximate surface area is 121 Å². The van der Waals surface area contributed by atoms with Crippen molar-refractivity contribution in [3.63, 3.8) is 0 Å². The molecule has 2 aromatic heterocycles. The van der Waals surface area contributed by atoms with Crippen molar-refractivity contribution >= 4 is 22.2 Å². The molecule has 0 aliphatic heterocycles. The average molecular weight is 293 g/mol. The third-order valence-electron chi connectivity index (χ3n) is 3.36. The molecule has 2 rings (SSSR count). The van der Waals surface area contributed by atoms with Crippen LogP contribution in [0.25, 0.3) is 4.96 Å². The summed E-state index contributed by atoms with van der Waals surface area (Å²) in [5.41, 5.74) is 0.656. The van der Waals surface area contributed by atoms with Crippen molar-refractivity contribution in [2.45, 2.75) is 46.6 Å². The molecule has 6 heteroatoms. The van der Waals surface area contributed by atoms with E-state index in [1.165, 1.54) is 21.9 Å². The fourth-order valence-electron chi connectivity index (χ4n) is 2.14. The van der Waals surface area contributed by atoms with E-state index < -0.39 is 0 Å². The van der Waals surface area contributed by atoms with Crippen LogP contribution in [-0.2, 0) is 0 Å². The standard InChI is InChI=1S/C14H19N3O2S/c1-5-6-8(2)16-12(18)11-7-15-14-17(13(11)19)9(3)10(4)20-14/h7-8H,5-6H2,1-4H3,(H,16,18). The minimum atomic E-state index is -0.346. The summed E-state index contributed by atoms with van der Waals surface area (Å²) >= 11 is 1.46. The zero-order valence-electron chi connectivity index (χ0n) is 12.2. The highest BCUT2D eigenvalue weighted by atomic mass is 32.1. The molecular formula is C14H19N3O2S. The molecule has 0 saturated carbocycles. The Bertz CT molecular complexity index is 702. The molecule has 1 N–H and O–H groups in total. The van der Waals surface area contributed by atoms with Crippen LogP contribution in [0.3, 0.4) is 0 Å². The lowest BCUT2D eigenvalue weighted by Gasteiger charge is -2.12. The number of carbonyl (C=O) groups excluding carboxylic acids is 1. The molecule has 0 bridgehead atoms. The summed E-state index contributed by atoms with van der Waals surface area (Å²) in [6.07, 6.45) is 3.25. The average Bonchev–Trinajstić information content (AvgIpc) is 2.66. The summed E-state index contributed by atoms with van der Waals surface area (Å²) in [5, 5.41) is 2.84. The van der Waals surface area contributed by atoms with Crippen LogP contribution in [0.15, 0.2) is 11.0 Å². The molecule has 0 spiro atoms. The molecule has 1 amide bonds. The maximum absolute atomic E-state index is 12.4. The number of nitrogens with one attached hydrogen (secondary N) is 1. The molecule has 0 fully saturated rings. The molecule has 0 aromatic carbocycles. The van der Waals surface area contributed by atoms with Gasteiger partial charge in [0, 0.05) is 22.8 Å². The van der Waals surface area contributed by atoms with Gasteiger partial charge in [0.2, 0.25) is 0 Å². The van der Waals surface area contributed by atoms with E-state index in [0.717, 1.165) is 23.4 Å². The van der Waals surface area contributed by atoms with Gasteiger partial charge >= 0.3 is 0 Å². The Morgan fingerprint density at radius 2 is 2.20 bits per heavy atom. The number of aryl methyl sites for hydroxylation is 2. The predicted molar refractivity (Wildman–Crippen MR) is 80.6 cm³/mol. The van der Waals surface area contributed by atoms with Crippen LogP contribution in [0.1, 0.15) is 47.6 Å². The minimum absolute atomic E-state index is 0.0536. The number of amides is 1. The molecule has 0 radical (unpaired) electrons. The van der Waals surface area contributed by atoms with Gasteiger partial charge in [-0.15, -0.1) is 11.3 Å². The summed E-state index contributed by atoms with van der Waals surface area (Å²) in [5.74, 6) is -0.346. The van der Waals surface area contributed by atoms with Gasteiger partial charge in [0.1, 0.15) is 5.56 Å². The van der Waals surface area contributed by atoms with Gasteiger partial charge in [-0.3, -0.25) is 14.0 Å². The van der Waals surface area contributed by atoms with E-state index in [0.29, 0.717) is 4.96 Å². The van der Waals surface area contributed by atoms with E-state index in [-0.39, 0.29) is 23.1 Å². The molecule has 108 valence electrons. The van der Waals surface area contributed by atoms with E-state index >= 15 is 0 Å². The lowest BCUT2D eigenvalue weighted by Crippen LogP contribution is -2.36. The summed E-state index contributed by atoms with van der Waals surface area (Å²) in [6, 6.07) is 0.0536. The van der Waals surface area contributed by atoms with Crippen molar-refractivity contribution < 1.29 is 4.79 Å². The predicted octanol–water partition coefficient (Wildman–Crippen LogP) is 2.29. The van der Waals surface area contributed by atoms with Crippen LogP contribution in [0.2, 0.25) is 0 Å². The van der Waals surface area contributed by atoms with Crippen molar-refractivity contribution in [1.29, 1.82) is 0 Å². The molecule has 0 aliphatic rings. The summed E-state index contributed by atoms with van der Waals surface area (Å²) in [6.45, 7) is 7.80. The second kappa shape index (κ2) is 5.75. The van der Waals surface area contributed by atoms with Gasteiger partial charge < -0.3 is 5.32 Å². The SMILES string of the molecule is CCCC(C)NC(=O)c1cnc2sc(C)c(C)n2c1=O. The normalized spacial score (nSPS) is 12.6. The van der Waals surface area contributed by atoms with E-state index in [4.69, 9.17) is 0 Å². The number of thiazole rings is 1. The van der Waals surface area contributed by atoms with Crippen LogP contribution in [0.4, 0.5) is 0 Å². The highest BCUT2D eigenvalue weighted by Gasteiger charge is 2.17. The highest BCUT2D eigenvalue weighted by Crippen LogP contribution is 2.18. The molecular weight excluding hydrogens is 274 g/mol. The topological polar surface area (TPSA) is 63.5 Å². The molecule has 5 nitrogen and oxygen atoms in total. The van der Waals surface area contributed by atoms with E-state index in [9.17, 15) is 9.59 Å². The van der Waals surface area contributed by atoms with E-state index in [1.807, 2.05) is 20.8 Å². The monoisotopic (exact) mass is 293 g/mol. The van der Waals surface area contributed by atoms with Gasteiger partial charge in [-0.05, 0) is 27.2 Å². The van der Waals surface area contributed by atoms with Gasteiger partial charge in [-0.1, -0.05) is 13.3 Å². The fourth-order valence-corrected chi connectivity index (χ4v) is 3.07. The lowest BCUT2D eigenvalue weighted by atomic mass is 10.2. The Balaban J connectivity index is 2.40. The highest BCUT2D eigenvalue weighted by molar-refractivity contribution is 7.17. The first-order valence-electron chi connectivity index (χ1n) is 6.74. The van der Waals surface area contributed by atoms with E-state index in [2.05, 4.69) is 17.2 Å². The smallest absolute Gasteiger partial charge is 0.271 e. The maximum atomic E-state index is 12.4. The van der Waals surface area contributed by atoms with Crippen LogP contribution in [0.5, 0.6) is 0 Å². The zero-order chi connectivity index (χ0) is 14.9. The Morgan fingerprint density at radius 3 is 2.85 bits per heavy atom. The van der Waals surface area contributed by atoms with Crippen molar-refractivity contribution in [3.05, 3.63) is 32.7 Å². The number of rotatable bonds is 4. The summed E-state index contributed by atoms with van der Waals surface area (Å²) < 4.78 is 1.51. The van der Waals surface area contributed by atoms with E-state index in [1.54, 1.807) is 0 Å². The van der Waals surface area contributed by atoms with Crippen molar-refractivity contribution in [2.24, 2.45) is 0 Å². The number of hydrogen-bond donors (Lipinski definition) is 1. The largest absolute Gasteiger partial charge is 0.349 e. The molecule has 20 heavy (non-hydrogen) atoms. The first-order valence-corrected chi connectivity index (χ1v) is 7.56. The molecule has 0 saturated heterocycles. The summed E-state index contributed by atoms with van der Waals surface area (Å²) in [4.78, 5) is 30.4. The van der Waals surface area contributed by atoms with Crippen LogP contribution < -0.4 is 10.9 Å². The first kappa shape index (κ1) is 14.7. The van der Waals surface area contributed by atoms with Crippen molar-refractivity contribution in [2.75, 3.05) is 0 Å². The number of aromatic nitrogens is 2. The van der Waals surface area contributed by atoms with Gasteiger partial charge in [0.25, 0.3) is 11.5 Å². The number of carbonyl (C=O) groups is 1. The molecule has 1 atom stereocenters. The number of nitrogens with zero attached hydrogens (tertiary/aromatic N) is 2. The second-order valence-corrected chi connectivity index (χ2v) is 6.18. The molecule has 0 aliphatic carbocycles. The van der Waals surface area contributed by atoms with Crippen LogP contribution in [0, 0.1) is 13.8 Å². The minimum Gasteiger partial charge on any atom is -0.349 e. The molecule has 2 aromatic rings. The molecule has 1 unspecified atom stereocenters. The maximum Gasteiger partial charge on any atom is 0.271 e. The first-order chi connectivity index (χ1) is 9.45. The van der Waals surface area contributed by atoms with Crippen LogP contribution in [-0.4, -0.2) is 21.3 Å². The van der Waals surface area contributed by atoms with Gasteiger partial charge in [0.15, 0.2) is 4.96 Å². The third-order valence-corrected chi connectivity index (χ3v) is 4.43. The van der Waals surface area contributed by atoms with Gasteiger partial charge in [-0.25, -0.2) is 4.98 Å². The quantitative estimate of drug-likeness (QED) is 0.940. The number of fused-ring (bicyclic) bond motifs is 1. The third kappa shape index (κ3) is 2.60.